The fourth-order valence-electron chi connectivity index (χ4n) is 1.74. The predicted molar refractivity (Wildman–Crippen MR) is 76.0 cm³/mol. The zero-order valence-corrected chi connectivity index (χ0v) is 10.6. The molecule has 0 heterocycles. The van der Waals surface area contributed by atoms with E-state index in [2.05, 4.69) is 0 Å². The summed E-state index contributed by atoms with van der Waals surface area (Å²) in [5.74, 6) is 0.124. The second kappa shape index (κ2) is 4.96. The number of hydrogen-bond acceptors (Lipinski definition) is 2. The van der Waals surface area contributed by atoms with Gasteiger partial charge in [0.25, 0.3) is 0 Å². The third-order valence-corrected chi connectivity index (χ3v) is 2.94. The van der Waals surface area contributed by atoms with Crippen LogP contribution in [-0.4, -0.2) is 5.11 Å². The Morgan fingerprint density at radius 2 is 1.17 bits per heavy atom. The van der Waals surface area contributed by atoms with Gasteiger partial charge in [-0.25, -0.2) is 0 Å². The third kappa shape index (κ3) is 2.54. The van der Waals surface area contributed by atoms with Crippen molar-refractivity contribution in [2.24, 2.45) is 5.73 Å². The zero-order valence-electron chi connectivity index (χ0n) is 10.6. The Morgan fingerprint density at radius 1 is 0.778 bits per heavy atom. The van der Waals surface area contributed by atoms with Gasteiger partial charge in [0.15, 0.2) is 0 Å². The van der Waals surface area contributed by atoms with E-state index in [9.17, 15) is 5.11 Å². The topological polar surface area (TPSA) is 46.2 Å². The van der Waals surface area contributed by atoms with Crippen molar-refractivity contribution in [2.45, 2.75) is 13.8 Å². The van der Waals surface area contributed by atoms with Crippen molar-refractivity contribution < 1.29 is 5.11 Å². The molecule has 0 fully saturated rings. The fourth-order valence-corrected chi connectivity index (χ4v) is 1.74. The molecular formula is C16H17NO. The number of rotatable bonds is 2. The minimum atomic E-state index is 0.124. The fraction of sp³-hybridized carbons (Fsp3) is 0.125. The first-order valence-corrected chi connectivity index (χ1v) is 5.91. The maximum atomic E-state index is 10.2. The Labute approximate surface area is 107 Å². The summed E-state index contributed by atoms with van der Waals surface area (Å²) >= 11 is 0. The highest BCUT2D eigenvalue weighted by Gasteiger charge is 2.06. The lowest BCUT2D eigenvalue weighted by molar-refractivity contribution is 0.513. The van der Waals surface area contributed by atoms with E-state index in [1.807, 2.05) is 62.4 Å². The van der Waals surface area contributed by atoms with Gasteiger partial charge in [-0.05, 0) is 13.8 Å². The van der Waals surface area contributed by atoms with Crippen molar-refractivity contribution in [3.05, 3.63) is 70.8 Å². The van der Waals surface area contributed by atoms with Gasteiger partial charge in [0, 0.05) is 11.1 Å². The summed E-state index contributed by atoms with van der Waals surface area (Å²) in [5.41, 5.74) is 10.3. The van der Waals surface area contributed by atoms with Crippen molar-refractivity contribution >= 4 is 11.5 Å². The second-order valence-corrected chi connectivity index (χ2v) is 4.49. The summed E-state index contributed by atoms with van der Waals surface area (Å²) in [5, 5.41) is 10.2. The molecule has 0 saturated heterocycles. The average molecular weight is 239 g/mol. The summed E-state index contributed by atoms with van der Waals surface area (Å²) in [6.07, 6.45) is 0. The van der Waals surface area contributed by atoms with E-state index in [-0.39, 0.29) is 5.76 Å². The van der Waals surface area contributed by atoms with Crippen LogP contribution in [0.25, 0.3) is 11.5 Å². The molecule has 2 rings (SSSR count). The molecule has 0 atom stereocenters. The van der Waals surface area contributed by atoms with Crippen molar-refractivity contribution in [3.8, 4) is 0 Å². The van der Waals surface area contributed by atoms with Crippen LogP contribution in [0.1, 0.15) is 22.3 Å². The van der Waals surface area contributed by atoms with Crippen LogP contribution in [-0.2, 0) is 0 Å². The van der Waals surface area contributed by atoms with Gasteiger partial charge in [-0.1, -0.05) is 59.7 Å². The van der Waals surface area contributed by atoms with Gasteiger partial charge in [0.05, 0.1) is 5.70 Å². The first-order valence-electron chi connectivity index (χ1n) is 5.91. The lowest BCUT2D eigenvalue weighted by Gasteiger charge is -2.07. The first-order chi connectivity index (χ1) is 8.58. The molecule has 0 radical (unpaired) electrons. The van der Waals surface area contributed by atoms with Crippen LogP contribution < -0.4 is 5.73 Å². The molecule has 3 N–H and O–H groups in total. The Morgan fingerprint density at radius 3 is 1.61 bits per heavy atom. The molecule has 0 aromatic heterocycles. The molecule has 0 unspecified atom stereocenters. The van der Waals surface area contributed by atoms with Crippen molar-refractivity contribution in [2.75, 3.05) is 0 Å². The summed E-state index contributed by atoms with van der Waals surface area (Å²) in [7, 11) is 0. The Bertz CT molecular complexity index is 512. The molecular weight excluding hydrogens is 222 g/mol. The number of aliphatic hydroxyl groups is 1. The van der Waals surface area contributed by atoms with Crippen LogP contribution in [0.3, 0.4) is 0 Å². The summed E-state index contributed by atoms with van der Waals surface area (Å²) in [6.45, 7) is 4.03. The van der Waals surface area contributed by atoms with Crippen LogP contribution in [0.2, 0.25) is 0 Å². The van der Waals surface area contributed by atoms with Gasteiger partial charge < -0.3 is 10.8 Å². The van der Waals surface area contributed by atoms with Gasteiger partial charge in [-0.3, -0.25) is 0 Å². The molecule has 2 heteroatoms. The minimum absolute atomic E-state index is 0.124. The van der Waals surface area contributed by atoms with Crippen LogP contribution >= 0.6 is 0 Å². The van der Waals surface area contributed by atoms with Gasteiger partial charge in [0.2, 0.25) is 0 Å². The van der Waals surface area contributed by atoms with Gasteiger partial charge in [-0.2, -0.15) is 0 Å². The van der Waals surface area contributed by atoms with Gasteiger partial charge in [0.1, 0.15) is 5.76 Å². The van der Waals surface area contributed by atoms with Crippen molar-refractivity contribution in [1.82, 2.24) is 0 Å². The van der Waals surface area contributed by atoms with Crippen LogP contribution in [0, 0.1) is 13.8 Å². The van der Waals surface area contributed by atoms with Gasteiger partial charge >= 0.3 is 0 Å². The lowest BCUT2D eigenvalue weighted by atomic mass is 10.0. The van der Waals surface area contributed by atoms with Crippen molar-refractivity contribution in [3.63, 3.8) is 0 Å². The van der Waals surface area contributed by atoms with E-state index in [1.54, 1.807) is 0 Å². The van der Waals surface area contributed by atoms with Crippen LogP contribution in [0.15, 0.2) is 48.5 Å². The molecule has 92 valence electrons. The molecule has 0 spiro atoms. The maximum absolute atomic E-state index is 10.2. The highest BCUT2D eigenvalue weighted by Crippen LogP contribution is 2.20. The smallest absolute Gasteiger partial charge is 0.146 e. The number of aliphatic hydroxyl groups excluding tert-OH is 1. The van der Waals surface area contributed by atoms with Crippen LogP contribution in [0.4, 0.5) is 0 Å². The molecule has 0 amide bonds. The second-order valence-electron chi connectivity index (χ2n) is 4.49. The minimum Gasteiger partial charge on any atom is -0.505 e. The van der Waals surface area contributed by atoms with E-state index >= 15 is 0 Å². The monoisotopic (exact) mass is 239 g/mol. The SMILES string of the molecule is Cc1ccc(/C(N)=C(/O)c2ccc(C)cc2)cc1. The standard InChI is InChI=1S/C16H17NO/c1-11-3-7-13(8-4-11)15(17)16(18)14-9-5-12(2)6-10-14/h3-10,18H,17H2,1-2H3/b16-15-. The Balaban J connectivity index is 2.40. The highest BCUT2D eigenvalue weighted by molar-refractivity contribution is 5.85. The van der Waals surface area contributed by atoms with Gasteiger partial charge in [-0.15, -0.1) is 0 Å². The number of hydrogen-bond donors (Lipinski definition) is 2. The van der Waals surface area contributed by atoms with E-state index in [4.69, 9.17) is 5.73 Å². The number of aryl methyl sites for hydroxylation is 2. The lowest BCUT2D eigenvalue weighted by Crippen LogP contribution is -2.01. The van der Waals surface area contributed by atoms with E-state index in [0.717, 1.165) is 16.7 Å². The Kier molecular flexibility index (Phi) is 3.38. The van der Waals surface area contributed by atoms with E-state index in [0.29, 0.717) is 5.70 Å². The summed E-state index contributed by atoms with van der Waals surface area (Å²) in [6, 6.07) is 15.4. The first kappa shape index (κ1) is 12.2. The molecule has 18 heavy (non-hydrogen) atoms. The predicted octanol–water partition coefficient (Wildman–Crippen LogP) is 3.65. The van der Waals surface area contributed by atoms with E-state index < -0.39 is 0 Å². The summed E-state index contributed by atoms with van der Waals surface area (Å²) < 4.78 is 0. The Hall–Kier alpha value is -2.22. The number of nitrogens with two attached hydrogens (primary N) is 1. The average Bonchev–Trinajstić information content (AvgIpc) is 2.39. The molecule has 0 saturated carbocycles. The molecule has 2 nitrogen and oxygen atoms in total. The molecule has 0 bridgehead atoms. The molecule has 0 aliphatic rings. The largest absolute Gasteiger partial charge is 0.505 e. The maximum Gasteiger partial charge on any atom is 0.146 e. The normalized spacial score (nSPS) is 12.1. The molecule has 2 aromatic carbocycles. The van der Waals surface area contributed by atoms with E-state index in [1.165, 1.54) is 5.56 Å². The highest BCUT2D eigenvalue weighted by atomic mass is 16.3. The quantitative estimate of drug-likeness (QED) is 0.620. The zero-order chi connectivity index (χ0) is 13.1. The molecule has 0 aliphatic heterocycles. The number of benzene rings is 2. The molecule has 0 aliphatic carbocycles. The third-order valence-electron chi connectivity index (χ3n) is 2.94. The summed E-state index contributed by atoms with van der Waals surface area (Å²) in [4.78, 5) is 0. The van der Waals surface area contributed by atoms with Crippen LogP contribution in [0.5, 0.6) is 0 Å². The van der Waals surface area contributed by atoms with Crippen molar-refractivity contribution in [1.29, 1.82) is 0 Å². The molecule has 2 aromatic rings.